The molecule has 5 nitrogen and oxygen atoms in total. The minimum atomic E-state index is -0.211. The normalized spacial score (nSPS) is 27.1. The lowest BCUT2D eigenvalue weighted by molar-refractivity contribution is -0.199. The number of aliphatic hydroxyl groups excluding tert-OH is 1. The lowest BCUT2D eigenvalue weighted by Crippen LogP contribution is -2.62. The molecule has 2 atom stereocenters. The van der Waals surface area contributed by atoms with E-state index in [0.717, 1.165) is 50.6 Å². The quantitative estimate of drug-likeness (QED) is 0.928. The van der Waals surface area contributed by atoms with Crippen LogP contribution in [-0.2, 0) is 10.2 Å². The molecule has 2 aliphatic rings. The maximum atomic E-state index is 10.3. The van der Waals surface area contributed by atoms with E-state index in [-0.39, 0.29) is 23.0 Å². The molecule has 1 aromatic rings. The van der Waals surface area contributed by atoms with Crippen LogP contribution in [0.2, 0.25) is 0 Å². The number of hydrogen-bond acceptors (Lipinski definition) is 5. The molecule has 2 heterocycles. The van der Waals surface area contributed by atoms with Crippen molar-refractivity contribution in [3.05, 3.63) is 18.1 Å². The Morgan fingerprint density at radius 1 is 1.35 bits per heavy atom. The van der Waals surface area contributed by atoms with Crippen LogP contribution in [-0.4, -0.2) is 47.0 Å². The summed E-state index contributed by atoms with van der Waals surface area (Å²) in [5.74, 6) is 1.88. The molecule has 0 amide bonds. The molecule has 0 unspecified atom stereocenters. The monoisotopic (exact) mass is 319 g/mol. The zero-order valence-electron chi connectivity index (χ0n) is 14.7. The van der Waals surface area contributed by atoms with Gasteiger partial charge >= 0.3 is 0 Å². The Bertz CT molecular complexity index is 545. The molecule has 1 aromatic heterocycles. The van der Waals surface area contributed by atoms with Gasteiger partial charge in [0.25, 0.3) is 0 Å². The number of piperidine rings is 1. The fraction of sp³-hybridized carbons (Fsp3) is 0.778. The van der Waals surface area contributed by atoms with Gasteiger partial charge in [-0.25, -0.2) is 9.97 Å². The molecule has 0 aromatic carbocycles. The summed E-state index contributed by atoms with van der Waals surface area (Å²) in [5, 5.41) is 10.3. The molecule has 0 bridgehead atoms. The Hall–Kier alpha value is -1.20. The Balaban J connectivity index is 1.70. The van der Waals surface area contributed by atoms with Crippen molar-refractivity contribution < 1.29 is 9.84 Å². The summed E-state index contributed by atoms with van der Waals surface area (Å²) >= 11 is 0. The Morgan fingerprint density at radius 3 is 2.61 bits per heavy atom. The van der Waals surface area contributed by atoms with E-state index in [1.54, 1.807) is 0 Å². The second-order valence-electron chi connectivity index (χ2n) is 7.90. The minimum absolute atomic E-state index is 0.0353. The number of ether oxygens (including phenoxy) is 1. The SMILES string of the molecule is CCO[C@H]1C[C@@H](O)C12CCN(c1ccnc(C(C)(C)C)n1)CC2. The standard InChI is InChI=1S/C18H29N3O2/c1-5-23-14-12-13(22)18(14)7-10-21(11-8-18)15-6-9-19-16(20-15)17(2,3)4/h6,9,13-14,22H,5,7-8,10-12H2,1-4H3/t13-,14+/m1/s1. The highest BCUT2D eigenvalue weighted by Crippen LogP contribution is 2.51. The molecule has 23 heavy (non-hydrogen) atoms. The molecule has 2 fully saturated rings. The second-order valence-corrected chi connectivity index (χ2v) is 7.90. The van der Waals surface area contributed by atoms with E-state index in [2.05, 4.69) is 30.7 Å². The molecule has 128 valence electrons. The number of nitrogens with zero attached hydrogens (tertiary/aromatic N) is 3. The average molecular weight is 319 g/mol. The van der Waals surface area contributed by atoms with Crippen molar-refractivity contribution >= 4 is 5.82 Å². The van der Waals surface area contributed by atoms with Gasteiger partial charge in [0.15, 0.2) is 0 Å². The molecule has 1 aliphatic carbocycles. The van der Waals surface area contributed by atoms with Gasteiger partial charge in [0.2, 0.25) is 0 Å². The molecule has 3 rings (SSSR count). The van der Waals surface area contributed by atoms with Crippen LogP contribution in [0.4, 0.5) is 5.82 Å². The summed E-state index contributed by atoms with van der Waals surface area (Å²) < 4.78 is 5.84. The van der Waals surface area contributed by atoms with Crippen molar-refractivity contribution in [1.29, 1.82) is 0 Å². The van der Waals surface area contributed by atoms with Gasteiger partial charge in [-0.3, -0.25) is 0 Å². The van der Waals surface area contributed by atoms with E-state index in [1.807, 2.05) is 19.2 Å². The molecular weight excluding hydrogens is 290 g/mol. The first-order chi connectivity index (χ1) is 10.9. The molecule has 1 saturated heterocycles. The highest BCUT2D eigenvalue weighted by Gasteiger charge is 2.56. The largest absolute Gasteiger partial charge is 0.392 e. The molecule has 1 spiro atoms. The number of hydrogen-bond donors (Lipinski definition) is 1. The van der Waals surface area contributed by atoms with Crippen LogP contribution in [0.3, 0.4) is 0 Å². The van der Waals surface area contributed by atoms with Crippen LogP contribution in [0.25, 0.3) is 0 Å². The fourth-order valence-corrected chi connectivity index (χ4v) is 3.86. The number of anilines is 1. The first kappa shape index (κ1) is 16.7. The Morgan fingerprint density at radius 2 is 2.04 bits per heavy atom. The molecule has 1 aliphatic heterocycles. The van der Waals surface area contributed by atoms with Crippen molar-refractivity contribution in [2.45, 2.75) is 64.6 Å². The molecule has 0 radical (unpaired) electrons. The highest BCUT2D eigenvalue weighted by molar-refractivity contribution is 5.39. The van der Waals surface area contributed by atoms with E-state index in [4.69, 9.17) is 9.72 Å². The fourth-order valence-electron chi connectivity index (χ4n) is 3.86. The first-order valence-corrected chi connectivity index (χ1v) is 8.75. The summed E-state index contributed by atoms with van der Waals surface area (Å²) in [7, 11) is 0. The summed E-state index contributed by atoms with van der Waals surface area (Å²) in [6.07, 6.45) is 4.59. The van der Waals surface area contributed by atoms with E-state index in [0.29, 0.717) is 0 Å². The third kappa shape index (κ3) is 2.96. The van der Waals surface area contributed by atoms with Crippen LogP contribution in [0, 0.1) is 5.41 Å². The van der Waals surface area contributed by atoms with Gasteiger partial charge in [-0.1, -0.05) is 20.8 Å². The molecule has 5 heteroatoms. The topological polar surface area (TPSA) is 58.5 Å². The van der Waals surface area contributed by atoms with E-state index >= 15 is 0 Å². The summed E-state index contributed by atoms with van der Waals surface area (Å²) in [4.78, 5) is 11.5. The van der Waals surface area contributed by atoms with Crippen molar-refractivity contribution in [2.24, 2.45) is 5.41 Å². The zero-order chi connectivity index (χ0) is 16.7. The van der Waals surface area contributed by atoms with Crippen LogP contribution in [0.5, 0.6) is 0 Å². The van der Waals surface area contributed by atoms with Gasteiger partial charge in [-0.05, 0) is 25.8 Å². The predicted octanol–water partition coefficient (Wildman–Crippen LogP) is 2.53. The predicted molar refractivity (Wildman–Crippen MR) is 90.6 cm³/mol. The number of rotatable bonds is 3. The molecule has 1 saturated carbocycles. The lowest BCUT2D eigenvalue weighted by atomic mass is 9.58. The van der Waals surface area contributed by atoms with Gasteiger partial charge in [0.05, 0.1) is 12.2 Å². The van der Waals surface area contributed by atoms with Gasteiger partial charge in [0, 0.05) is 43.1 Å². The maximum absolute atomic E-state index is 10.3. The van der Waals surface area contributed by atoms with Crippen molar-refractivity contribution in [3.8, 4) is 0 Å². The van der Waals surface area contributed by atoms with Crippen LogP contribution >= 0.6 is 0 Å². The van der Waals surface area contributed by atoms with E-state index in [1.165, 1.54) is 0 Å². The number of aliphatic hydroxyl groups is 1. The van der Waals surface area contributed by atoms with Gasteiger partial charge in [-0.15, -0.1) is 0 Å². The zero-order valence-corrected chi connectivity index (χ0v) is 14.7. The molecule has 1 N–H and O–H groups in total. The van der Waals surface area contributed by atoms with Gasteiger partial charge in [-0.2, -0.15) is 0 Å². The van der Waals surface area contributed by atoms with E-state index in [9.17, 15) is 5.11 Å². The molecular formula is C18H29N3O2. The minimum Gasteiger partial charge on any atom is -0.392 e. The van der Waals surface area contributed by atoms with Crippen LogP contribution in [0.1, 0.15) is 52.8 Å². The highest BCUT2D eigenvalue weighted by atomic mass is 16.5. The Kier molecular flexibility index (Phi) is 4.36. The second kappa shape index (κ2) is 6.02. The third-order valence-corrected chi connectivity index (χ3v) is 5.44. The third-order valence-electron chi connectivity index (χ3n) is 5.44. The lowest BCUT2D eigenvalue weighted by Gasteiger charge is -2.56. The van der Waals surface area contributed by atoms with E-state index < -0.39 is 0 Å². The summed E-state index contributed by atoms with van der Waals surface area (Å²) in [6, 6.07) is 1.99. The van der Waals surface area contributed by atoms with Crippen molar-refractivity contribution in [3.63, 3.8) is 0 Å². The summed E-state index contributed by atoms with van der Waals surface area (Å²) in [6.45, 7) is 11.0. The van der Waals surface area contributed by atoms with Crippen LogP contribution in [0.15, 0.2) is 12.3 Å². The van der Waals surface area contributed by atoms with Gasteiger partial charge in [0.1, 0.15) is 11.6 Å². The Labute approximate surface area is 139 Å². The summed E-state index contributed by atoms with van der Waals surface area (Å²) in [5.41, 5.74) is -0.0797. The van der Waals surface area contributed by atoms with Crippen molar-refractivity contribution in [1.82, 2.24) is 9.97 Å². The first-order valence-electron chi connectivity index (χ1n) is 8.75. The smallest absolute Gasteiger partial charge is 0.135 e. The average Bonchev–Trinajstić information content (AvgIpc) is 2.54. The van der Waals surface area contributed by atoms with Crippen molar-refractivity contribution in [2.75, 3.05) is 24.6 Å². The van der Waals surface area contributed by atoms with Crippen LogP contribution < -0.4 is 4.90 Å². The van der Waals surface area contributed by atoms with Gasteiger partial charge < -0.3 is 14.7 Å². The number of aromatic nitrogens is 2. The maximum Gasteiger partial charge on any atom is 0.135 e.